The predicted octanol–water partition coefficient (Wildman–Crippen LogP) is 2.19. The monoisotopic (exact) mass is 216 g/mol. The van der Waals surface area contributed by atoms with Gasteiger partial charge in [-0.15, -0.1) is 0 Å². The fourth-order valence-corrected chi connectivity index (χ4v) is 2.26. The molecule has 3 heteroatoms. The standard InChI is InChI=1S/C13H16N2O/c1-9-3-6-15-10(8-16)12(13(2)4-5-13)14-11(15)7-9/h3,6-7,16H,4-5,8H2,1-2H3. The largest absolute Gasteiger partial charge is 0.390 e. The number of aryl methyl sites for hydroxylation is 1. The molecule has 0 bridgehead atoms. The zero-order valence-corrected chi connectivity index (χ0v) is 9.70. The highest BCUT2D eigenvalue weighted by Crippen LogP contribution is 2.48. The van der Waals surface area contributed by atoms with Crippen molar-refractivity contribution in [2.24, 2.45) is 0 Å². The minimum atomic E-state index is 0.0646. The third-order valence-electron chi connectivity index (χ3n) is 3.60. The van der Waals surface area contributed by atoms with Crippen LogP contribution in [-0.2, 0) is 12.0 Å². The molecule has 1 N–H and O–H groups in total. The zero-order valence-electron chi connectivity index (χ0n) is 9.70. The van der Waals surface area contributed by atoms with E-state index in [2.05, 4.69) is 24.9 Å². The van der Waals surface area contributed by atoms with Gasteiger partial charge in [0.1, 0.15) is 5.65 Å². The maximum Gasteiger partial charge on any atom is 0.137 e. The molecule has 0 atom stereocenters. The number of aromatic nitrogens is 2. The predicted molar refractivity (Wildman–Crippen MR) is 62.4 cm³/mol. The molecule has 3 rings (SSSR count). The SMILES string of the molecule is Cc1ccn2c(CO)c(C3(C)CC3)nc2c1. The Balaban J connectivity index is 2.28. The Labute approximate surface area is 94.7 Å². The Hall–Kier alpha value is -1.35. The van der Waals surface area contributed by atoms with Crippen molar-refractivity contribution in [2.75, 3.05) is 0 Å². The normalized spacial score (nSPS) is 17.9. The lowest BCUT2D eigenvalue weighted by Crippen LogP contribution is -2.05. The first-order valence-corrected chi connectivity index (χ1v) is 5.73. The van der Waals surface area contributed by atoms with Gasteiger partial charge in [0.25, 0.3) is 0 Å². The molecule has 0 aromatic carbocycles. The number of nitrogens with zero attached hydrogens (tertiary/aromatic N) is 2. The van der Waals surface area contributed by atoms with Gasteiger partial charge in [-0.05, 0) is 37.5 Å². The third kappa shape index (κ3) is 1.28. The van der Waals surface area contributed by atoms with Crippen molar-refractivity contribution in [3.05, 3.63) is 35.3 Å². The molecule has 2 heterocycles. The summed E-state index contributed by atoms with van der Waals surface area (Å²) in [6, 6.07) is 4.11. The van der Waals surface area contributed by atoms with E-state index < -0.39 is 0 Å². The summed E-state index contributed by atoms with van der Waals surface area (Å²) in [6.07, 6.45) is 4.37. The number of pyridine rings is 1. The maximum atomic E-state index is 9.50. The van der Waals surface area contributed by atoms with Crippen molar-refractivity contribution < 1.29 is 5.11 Å². The Bertz CT molecular complexity index is 552. The molecule has 0 spiro atoms. The molecule has 0 amide bonds. The second kappa shape index (κ2) is 3.08. The number of hydrogen-bond donors (Lipinski definition) is 1. The number of rotatable bonds is 2. The first kappa shape index (κ1) is 9.85. The van der Waals surface area contributed by atoms with Crippen LogP contribution in [0.15, 0.2) is 18.3 Å². The number of imidazole rings is 1. The van der Waals surface area contributed by atoms with Crippen LogP contribution in [0.3, 0.4) is 0 Å². The second-order valence-corrected chi connectivity index (χ2v) is 5.06. The van der Waals surface area contributed by atoms with Gasteiger partial charge in [-0.2, -0.15) is 0 Å². The number of fused-ring (bicyclic) bond motifs is 1. The Morgan fingerprint density at radius 1 is 1.50 bits per heavy atom. The molecule has 1 fully saturated rings. The van der Waals surface area contributed by atoms with Crippen LogP contribution in [0.1, 0.15) is 36.7 Å². The topological polar surface area (TPSA) is 37.5 Å². The Morgan fingerprint density at radius 2 is 2.25 bits per heavy atom. The molecule has 84 valence electrons. The van der Waals surface area contributed by atoms with E-state index in [0.717, 1.165) is 17.0 Å². The lowest BCUT2D eigenvalue weighted by molar-refractivity contribution is 0.273. The van der Waals surface area contributed by atoms with E-state index in [0.29, 0.717) is 0 Å². The quantitative estimate of drug-likeness (QED) is 0.835. The molecule has 0 unspecified atom stereocenters. The van der Waals surface area contributed by atoms with Crippen LogP contribution in [0, 0.1) is 6.92 Å². The summed E-state index contributed by atoms with van der Waals surface area (Å²) in [5.41, 5.74) is 4.40. The van der Waals surface area contributed by atoms with Gasteiger partial charge in [-0.1, -0.05) is 6.92 Å². The van der Waals surface area contributed by atoms with Gasteiger partial charge in [-0.25, -0.2) is 4.98 Å². The van der Waals surface area contributed by atoms with Gasteiger partial charge in [0, 0.05) is 11.6 Å². The summed E-state index contributed by atoms with van der Waals surface area (Å²) < 4.78 is 2.01. The van der Waals surface area contributed by atoms with Gasteiger partial charge >= 0.3 is 0 Å². The fourth-order valence-electron chi connectivity index (χ4n) is 2.26. The first-order valence-electron chi connectivity index (χ1n) is 5.73. The Kier molecular flexibility index (Phi) is 1.89. The van der Waals surface area contributed by atoms with Crippen molar-refractivity contribution in [2.45, 2.75) is 38.7 Å². The third-order valence-corrected chi connectivity index (χ3v) is 3.60. The molecular formula is C13H16N2O. The maximum absolute atomic E-state index is 9.50. The summed E-state index contributed by atoms with van der Waals surface area (Å²) in [7, 11) is 0. The van der Waals surface area contributed by atoms with Gasteiger partial charge in [-0.3, -0.25) is 0 Å². The van der Waals surface area contributed by atoms with Crippen molar-refractivity contribution in [3.63, 3.8) is 0 Å². The van der Waals surface area contributed by atoms with Crippen LogP contribution in [0.25, 0.3) is 5.65 Å². The summed E-state index contributed by atoms with van der Waals surface area (Å²) in [6.45, 7) is 4.35. The van der Waals surface area contributed by atoms with Crippen LogP contribution < -0.4 is 0 Å². The lowest BCUT2D eigenvalue weighted by atomic mass is 10.0. The minimum absolute atomic E-state index is 0.0646. The van der Waals surface area contributed by atoms with E-state index in [9.17, 15) is 5.11 Å². The van der Waals surface area contributed by atoms with E-state index >= 15 is 0 Å². The van der Waals surface area contributed by atoms with Crippen molar-refractivity contribution in [3.8, 4) is 0 Å². The van der Waals surface area contributed by atoms with Crippen molar-refractivity contribution in [1.82, 2.24) is 9.38 Å². The van der Waals surface area contributed by atoms with Crippen LogP contribution in [0.5, 0.6) is 0 Å². The molecule has 0 saturated heterocycles. The van der Waals surface area contributed by atoms with Crippen LogP contribution >= 0.6 is 0 Å². The number of aliphatic hydroxyl groups is 1. The second-order valence-electron chi connectivity index (χ2n) is 5.06. The Morgan fingerprint density at radius 3 is 2.88 bits per heavy atom. The summed E-state index contributed by atoms with van der Waals surface area (Å²) in [4.78, 5) is 4.68. The van der Waals surface area contributed by atoms with Crippen LogP contribution in [0.2, 0.25) is 0 Å². The van der Waals surface area contributed by atoms with Gasteiger partial charge in [0.05, 0.1) is 18.0 Å². The van der Waals surface area contributed by atoms with Gasteiger partial charge in [0.15, 0.2) is 0 Å². The minimum Gasteiger partial charge on any atom is -0.390 e. The van der Waals surface area contributed by atoms with E-state index in [1.54, 1.807) is 0 Å². The van der Waals surface area contributed by atoms with E-state index in [1.165, 1.54) is 18.4 Å². The molecule has 0 radical (unpaired) electrons. The van der Waals surface area contributed by atoms with Crippen LogP contribution in [-0.4, -0.2) is 14.5 Å². The molecule has 0 aliphatic heterocycles. The molecule has 3 nitrogen and oxygen atoms in total. The van der Waals surface area contributed by atoms with E-state index in [-0.39, 0.29) is 12.0 Å². The van der Waals surface area contributed by atoms with E-state index in [1.807, 2.05) is 16.7 Å². The number of aliphatic hydroxyl groups excluding tert-OH is 1. The summed E-state index contributed by atoms with van der Waals surface area (Å²) in [5, 5.41) is 9.50. The highest BCUT2D eigenvalue weighted by Gasteiger charge is 2.43. The molecule has 2 aromatic rings. The number of hydrogen-bond acceptors (Lipinski definition) is 2. The van der Waals surface area contributed by atoms with Gasteiger partial charge in [0.2, 0.25) is 0 Å². The average Bonchev–Trinajstić information content (AvgIpc) is 2.90. The zero-order chi connectivity index (χ0) is 11.3. The smallest absolute Gasteiger partial charge is 0.137 e. The highest BCUT2D eigenvalue weighted by atomic mass is 16.3. The summed E-state index contributed by atoms with van der Waals surface area (Å²) in [5.74, 6) is 0. The van der Waals surface area contributed by atoms with Crippen molar-refractivity contribution in [1.29, 1.82) is 0 Å². The molecule has 1 aliphatic rings. The molecule has 1 aliphatic carbocycles. The molecule has 1 saturated carbocycles. The first-order chi connectivity index (χ1) is 7.64. The fraction of sp³-hybridized carbons (Fsp3) is 0.462. The van der Waals surface area contributed by atoms with Gasteiger partial charge < -0.3 is 9.51 Å². The van der Waals surface area contributed by atoms with Crippen LogP contribution in [0.4, 0.5) is 0 Å². The molecular weight excluding hydrogens is 200 g/mol. The highest BCUT2D eigenvalue weighted by molar-refractivity contribution is 5.48. The molecule has 2 aromatic heterocycles. The van der Waals surface area contributed by atoms with E-state index in [4.69, 9.17) is 0 Å². The van der Waals surface area contributed by atoms with Crippen molar-refractivity contribution >= 4 is 5.65 Å². The molecule has 16 heavy (non-hydrogen) atoms. The average molecular weight is 216 g/mol. The summed E-state index contributed by atoms with van der Waals surface area (Å²) >= 11 is 0. The lowest BCUT2D eigenvalue weighted by Gasteiger charge is -2.06.